The zero-order valence-corrected chi connectivity index (χ0v) is 14.8. The Balaban J connectivity index is 1.55. The number of hydrogen-bond acceptors (Lipinski definition) is 6. The molecule has 3 aromatic rings. The fourth-order valence-electron chi connectivity index (χ4n) is 3.34. The number of amides is 1. The molecule has 0 aromatic carbocycles. The summed E-state index contributed by atoms with van der Waals surface area (Å²) >= 11 is 0. The molecule has 1 amide bonds. The first kappa shape index (κ1) is 16.4. The molecule has 1 fully saturated rings. The normalized spacial score (nSPS) is 17.5. The monoisotopic (exact) mass is 352 g/mol. The van der Waals surface area contributed by atoms with Crippen LogP contribution in [0.4, 0.5) is 0 Å². The van der Waals surface area contributed by atoms with E-state index in [1.54, 1.807) is 37.9 Å². The van der Waals surface area contributed by atoms with Crippen LogP contribution in [-0.4, -0.2) is 48.6 Å². The maximum Gasteiger partial charge on any atom is 0.276 e. The van der Waals surface area contributed by atoms with E-state index in [-0.39, 0.29) is 11.8 Å². The summed E-state index contributed by atoms with van der Waals surface area (Å²) in [5.74, 6) is 0.695. The Morgan fingerprint density at radius 2 is 2.15 bits per heavy atom. The van der Waals surface area contributed by atoms with E-state index < -0.39 is 0 Å². The molecule has 3 aromatic heterocycles. The molecule has 1 aliphatic rings. The SMILES string of the molecule is Cc1cc(C(=O)N2CCC[C@H](c3cncc(-c4cncn4C)n3)C2)no1. The molecule has 0 bridgehead atoms. The molecule has 0 spiro atoms. The maximum atomic E-state index is 12.6. The third-order valence-electron chi connectivity index (χ3n) is 4.71. The van der Waals surface area contributed by atoms with Gasteiger partial charge in [-0.25, -0.2) is 9.97 Å². The molecule has 0 saturated carbocycles. The highest BCUT2D eigenvalue weighted by atomic mass is 16.5. The van der Waals surface area contributed by atoms with Crippen molar-refractivity contribution in [2.75, 3.05) is 13.1 Å². The van der Waals surface area contributed by atoms with E-state index in [9.17, 15) is 4.79 Å². The van der Waals surface area contributed by atoms with Crippen molar-refractivity contribution >= 4 is 5.91 Å². The Morgan fingerprint density at radius 1 is 1.27 bits per heavy atom. The molecule has 4 heterocycles. The second kappa shape index (κ2) is 6.70. The van der Waals surface area contributed by atoms with Crippen LogP contribution in [0.25, 0.3) is 11.4 Å². The zero-order chi connectivity index (χ0) is 18.1. The number of rotatable bonds is 3. The Morgan fingerprint density at radius 3 is 2.88 bits per heavy atom. The van der Waals surface area contributed by atoms with Gasteiger partial charge in [0.2, 0.25) is 0 Å². The summed E-state index contributed by atoms with van der Waals surface area (Å²) in [6.45, 7) is 3.10. The van der Waals surface area contributed by atoms with E-state index >= 15 is 0 Å². The Kier molecular flexibility index (Phi) is 4.24. The smallest absolute Gasteiger partial charge is 0.276 e. The van der Waals surface area contributed by atoms with Crippen molar-refractivity contribution in [3.05, 3.63) is 48.1 Å². The van der Waals surface area contributed by atoms with Crippen LogP contribution < -0.4 is 0 Å². The zero-order valence-electron chi connectivity index (χ0n) is 14.8. The maximum absolute atomic E-state index is 12.6. The van der Waals surface area contributed by atoms with Crippen molar-refractivity contribution in [2.24, 2.45) is 7.05 Å². The summed E-state index contributed by atoms with van der Waals surface area (Å²) < 4.78 is 6.94. The summed E-state index contributed by atoms with van der Waals surface area (Å²) in [4.78, 5) is 27.7. The number of hydrogen-bond donors (Lipinski definition) is 0. The number of imidazole rings is 1. The number of piperidine rings is 1. The van der Waals surface area contributed by atoms with Crippen LogP contribution in [0, 0.1) is 6.92 Å². The topological polar surface area (TPSA) is 89.9 Å². The van der Waals surface area contributed by atoms with Gasteiger partial charge in [-0.2, -0.15) is 0 Å². The lowest BCUT2D eigenvalue weighted by Gasteiger charge is -2.31. The van der Waals surface area contributed by atoms with Crippen molar-refractivity contribution < 1.29 is 9.32 Å². The number of nitrogens with zero attached hydrogens (tertiary/aromatic N) is 6. The highest BCUT2D eigenvalue weighted by Gasteiger charge is 2.28. The minimum atomic E-state index is -0.0951. The van der Waals surface area contributed by atoms with Crippen LogP contribution in [0.3, 0.4) is 0 Å². The lowest BCUT2D eigenvalue weighted by Crippen LogP contribution is -2.39. The van der Waals surface area contributed by atoms with Gasteiger partial charge < -0.3 is 14.0 Å². The summed E-state index contributed by atoms with van der Waals surface area (Å²) in [7, 11) is 1.93. The minimum Gasteiger partial charge on any atom is -0.361 e. The van der Waals surface area contributed by atoms with Crippen molar-refractivity contribution in [3.8, 4) is 11.4 Å². The fourth-order valence-corrected chi connectivity index (χ4v) is 3.34. The molecular weight excluding hydrogens is 332 g/mol. The van der Waals surface area contributed by atoms with Crippen molar-refractivity contribution in [1.29, 1.82) is 0 Å². The average Bonchev–Trinajstić information content (AvgIpc) is 3.29. The van der Waals surface area contributed by atoms with Crippen LogP contribution in [0.2, 0.25) is 0 Å². The number of carbonyl (C=O) groups is 1. The van der Waals surface area contributed by atoms with Gasteiger partial charge in [-0.15, -0.1) is 0 Å². The van der Waals surface area contributed by atoms with E-state index in [1.807, 2.05) is 16.5 Å². The second-order valence-corrected chi connectivity index (χ2v) is 6.63. The van der Waals surface area contributed by atoms with Crippen molar-refractivity contribution in [2.45, 2.75) is 25.7 Å². The van der Waals surface area contributed by atoms with Crippen molar-refractivity contribution in [3.63, 3.8) is 0 Å². The van der Waals surface area contributed by atoms with Crippen LogP contribution in [0.1, 0.15) is 40.7 Å². The predicted molar refractivity (Wildman–Crippen MR) is 93.4 cm³/mol. The van der Waals surface area contributed by atoms with Gasteiger partial charge in [0.05, 0.1) is 30.1 Å². The summed E-state index contributed by atoms with van der Waals surface area (Å²) in [6.07, 6.45) is 8.95. The molecule has 0 N–H and O–H groups in total. The fraction of sp³-hybridized carbons (Fsp3) is 0.389. The Bertz CT molecular complexity index is 931. The molecular formula is C18H20N6O2. The minimum absolute atomic E-state index is 0.0951. The van der Waals surface area contributed by atoms with E-state index in [4.69, 9.17) is 9.51 Å². The van der Waals surface area contributed by atoms with Gasteiger partial charge in [0, 0.05) is 38.3 Å². The first-order valence-electron chi connectivity index (χ1n) is 8.63. The van der Waals surface area contributed by atoms with Gasteiger partial charge in [0.1, 0.15) is 11.5 Å². The van der Waals surface area contributed by atoms with Gasteiger partial charge in [-0.1, -0.05) is 5.16 Å². The average molecular weight is 352 g/mol. The number of carbonyl (C=O) groups excluding carboxylic acids is 1. The van der Waals surface area contributed by atoms with Gasteiger partial charge >= 0.3 is 0 Å². The molecule has 1 saturated heterocycles. The summed E-state index contributed by atoms with van der Waals surface area (Å²) in [6, 6.07) is 1.68. The molecule has 134 valence electrons. The Labute approximate surface area is 150 Å². The first-order chi connectivity index (χ1) is 12.6. The van der Waals surface area contributed by atoms with Gasteiger partial charge in [-0.3, -0.25) is 9.78 Å². The number of aromatic nitrogens is 5. The van der Waals surface area contributed by atoms with Gasteiger partial charge in [0.15, 0.2) is 5.69 Å². The first-order valence-corrected chi connectivity index (χ1v) is 8.63. The highest BCUT2D eigenvalue weighted by molar-refractivity contribution is 5.92. The Hall–Kier alpha value is -3.03. The van der Waals surface area contributed by atoms with Crippen molar-refractivity contribution in [1.82, 2.24) is 29.6 Å². The largest absolute Gasteiger partial charge is 0.361 e. The third-order valence-corrected chi connectivity index (χ3v) is 4.71. The summed E-state index contributed by atoms with van der Waals surface area (Å²) in [5, 5.41) is 3.84. The number of likely N-dealkylation sites (tertiary alicyclic amines) is 1. The van der Waals surface area contributed by atoms with E-state index in [1.165, 1.54) is 0 Å². The molecule has 1 aliphatic heterocycles. The third kappa shape index (κ3) is 3.10. The standard InChI is InChI=1S/C18H20N6O2/c1-12-6-14(22-26-12)18(25)24-5-3-4-13(10-24)15-7-19-8-16(21-15)17-9-20-11-23(17)2/h6-9,11,13H,3-5,10H2,1-2H3/t13-/m0/s1. The van der Waals surface area contributed by atoms with Gasteiger partial charge in [0.25, 0.3) is 5.91 Å². The van der Waals surface area contributed by atoms with E-state index in [2.05, 4.69) is 15.1 Å². The highest BCUT2D eigenvalue weighted by Crippen LogP contribution is 2.27. The van der Waals surface area contributed by atoms with E-state index in [0.29, 0.717) is 18.0 Å². The predicted octanol–water partition coefficient (Wildman–Crippen LogP) is 2.19. The molecule has 1 atom stereocenters. The molecule has 26 heavy (non-hydrogen) atoms. The van der Waals surface area contributed by atoms with Crippen LogP contribution in [0.15, 0.2) is 35.5 Å². The number of aryl methyl sites for hydroxylation is 2. The molecule has 8 heteroatoms. The van der Waals surface area contributed by atoms with Crippen LogP contribution >= 0.6 is 0 Å². The molecule has 8 nitrogen and oxygen atoms in total. The molecule has 0 aliphatic carbocycles. The van der Waals surface area contributed by atoms with Gasteiger partial charge in [-0.05, 0) is 19.8 Å². The lowest BCUT2D eigenvalue weighted by atomic mass is 9.94. The second-order valence-electron chi connectivity index (χ2n) is 6.63. The molecule has 4 rings (SSSR count). The quantitative estimate of drug-likeness (QED) is 0.718. The molecule has 0 unspecified atom stereocenters. The lowest BCUT2D eigenvalue weighted by molar-refractivity contribution is 0.0695. The van der Waals surface area contributed by atoms with E-state index in [0.717, 1.165) is 36.5 Å². The summed E-state index contributed by atoms with van der Waals surface area (Å²) in [5.41, 5.74) is 2.97. The molecule has 0 radical (unpaired) electrons. The van der Waals surface area contributed by atoms with Crippen LogP contribution in [0.5, 0.6) is 0 Å². The van der Waals surface area contributed by atoms with Crippen LogP contribution in [-0.2, 0) is 7.05 Å².